The standard InChI is InChI=1S/C24H22BrIN2O6S/c1-32-19-11-16(10-18(26)22(19)34-14-15-2-4-17(25)5-3-15)12-20-23(30)28(24(31)35-20)13-21(29)27-6-8-33-9-7-27/h2-5,10-12H,6-9,13-14H2,1H3/b20-12+. The molecule has 2 aliphatic rings. The minimum atomic E-state index is -0.480. The molecular formula is C24H22BrIN2O6S. The molecule has 0 spiro atoms. The van der Waals surface area contributed by atoms with E-state index < -0.39 is 11.1 Å². The van der Waals surface area contributed by atoms with Crippen LogP contribution < -0.4 is 9.47 Å². The lowest BCUT2D eigenvalue weighted by Gasteiger charge is -2.28. The van der Waals surface area contributed by atoms with Gasteiger partial charge in [0.15, 0.2) is 11.5 Å². The van der Waals surface area contributed by atoms with E-state index in [4.69, 9.17) is 14.2 Å². The summed E-state index contributed by atoms with van der Waals surface area (Å²) in [4.78, 5) is 40.7. The maximum Gasteiger partial charge on any atom is 0.294 e. The number of morpholine rings is 1. The first-order valence-corrected chi connectivity index (χ1v) is 13.4. The van der Waals surface area contributed by atoms with Crippen molar-refractivity contribution in [3.8, 4) is 11.5 Å². The molecule has 0 atom stereocenters. The molecule has 0 aromatic heterocycles. The van der Waals surface area contributed by atoms with E-state index in [1.54, 1.807) is 24.2 Å². The molecule has 35 heavy (non-hydrogen) atoms. The fraction of sp³-hybridized carbons (Fsp3) is 0.292. The highest BCUT2D eigenvalue weighted by atomic mass is 127. The van der Waals surface area contributed by atoms with Crippen LogP contribution in [0.15, 0.2) is 45.8 Å². The van der Waals surface area contributed by atoms with Crippen molar-refractivity contribution in [2.75, 3.05) is 40.0 Å². The number of halogens is 2. The lowest BCUT2D eigenvalue weighted by Crippen LogP contribution is -2.46. The van der Waals surface area contributed by atoms with Gasteiger partial charge in [-0.1, -0.05) is 28.1 Å². The van der Waals surface area contributed by atoms with Crippen LogP contribution in [0.25, 0.3) is 6.08 Å². The predicted octanol–water partition coefficient (Wildman–Crippen LogP) is 4.54. The Morgan fingerprint density at radius 3 is 2.60 bits per heavy atom. The second-order valence-electron chi connectivity index (χ2n) is 7.71. The molecule has 0 unspecified atom stereocenters. The van der Waals surface area contributed by atoms with E-state index in [9.17, 15) is 14.4 Å². The average Bonchev–Trinajstić information content (AvgIpc) is 3.11. The van der Waals surface area contributed by atoms with Gasteiger partial charge in [-0.05, 0) is 75.8 Å². The van der Waals surface area contributed by atoms with Crippen molar-refractivity contribution in [2.45, 2.75) is 6.61 Å². The number of hydrogen-bond acceptors (Lipinski definition) is 7. The molecule has 0 saturated carbocycles. The van der Waals surface area contributed by atoms with Crippen LogP contribution in [0, 0.1) is 3.57 Å². The Balaban J connectivity index is 1.47. The van der Waals surface area contributed by atoms with E-state index in [1.165, 1.54) is 0 Å². The summed E-state index contributed by atoms with van der Waals surface area (Å²) in [5.41, 5.74) is 1.70. The van der Waals surface area contributed by atoms with Gasteiger partial charge < -0.3 is 19.1 Å². The summed E-state index contributed by atoms with van der Waals surface area (Å²) in [6.07, 6.45) is 1.63. The van der Waals surface area contributed by atoms with Crippen molar-refractivity contribution >= 4 is 73.4 Å². The van der Waals surface area contributed by atoms with Crippen molar-refractivity contribution in [2.24, 2.45) is 0 Å². The molecule has 0 N–H and O–H groups in total. The molecule has 2 aliphatic heterocycles. The Morgan fingerprint density at radius 2 is 1.91 bits per heavy atom. The van der Waals surface area contributed by atoms with Crippen molar-refractivity contribution in [1.29, 1.82) is 0 Å². The summed E-state index contributed by atoms with van der Waals surface area (Å²) in [7, 11) is 1.55. The molecule has 0 radical (unpaired) electrons. The van der Waals surface area contributed by atoms with E-state index >= 15 is 0 Å². The van der Waals surface area contributed by atoms with E-state index in [-0.39, 0.29) is 17.4 Å². The van der Waals surface area contributed by atoms with Gasteiger partial charge in [-0.25, -0.2) is 0 Å². The Morgan fingerprint density at radius 1 is 1.20 bits per heavy atom. The van der Waals surface area contributed by atoms with Gasteiger partial charge in [-0.3, -0.25) is 19.3 Å². The largest absolute Gasteiger partial charge is 0.493 e. The fourth-order valence-corrected chi connectivity index (χ4v) is 5.42. The highest BCUT2D eigenvalue weighted by Crippen LogP contribution is 2.37. The molecule has 3 amide bonds. The van der Waals surface area contributed by atoms with E-state index in [2.05, 4.69) is 38.5 Å². The summed E-state index contributed by atoms with van der Waals surface area (Å²) in [6.45, 7) is 1.92. The van der Waals surface area contributed by atoms with E-state index in [0.29, 0.717) is 50.0 Å². The van der Waals surface area contributed by atoms with Gasteiger partial charge in [0.05, 0.1) is 28.8 Å². The summed E-state index contributed by atoms with van der Waals surface area (Å²) >= 11 is 6.40. The Hall–Kier alpha value is -2.09. The van der Waals surface area contributed by atoms with Gasteiger partial charge >= 0.3 is 0 Å². The number of rotatable bonds is 7. The third-order valence-electron chi connectivity index (χ3n) is 5.38. The molecule has 2 fully saturated rings. The third-order valence-corrected chi connectivity index (χ3v) is 7.61. The van der Waals surface area contributed by atoms with Gasteiger partial charge in [0.1, 0.15) is 13.2 Å². The van der Waals surface area contributed by atoms with Crippen LogP contribution in [-0.2, 0) is 20.9 Å². The normalized spacial score (nSPS) is 17.3. The van der Waals surface area contributed by atoms with Gasteiger partial charge in [0.25, 0.3) is 11.1 Å². The zero-order valence-corrected chi connectivity index (χ0v) is 23.4. The Bertz CT molecular complexity index is 1170. The van der Waals surface area contributed by atoms with Gasteiger partial charge in [0, 0.05) is 17.6 Å². The first kappa shape index (κ1) is 26.0. The van der Waals surface area contributed by atoms with Crippen molar-refractivity contribution in [3.05, 3.63) is 60.5 Å². The summed E-state index contributed by atoms with van der Waals surface area (Å²) in [5, 5.41) is -0.459. The Kier molecular flexibility index (Phi) is 8.73. The Labute approximate surface area is 229 Å². The number of thioether (sulfide) groups is 1. The second-order valence-corrected chi connectivity index (χ2v) is 10.8. The predicted molar refractivity (Wildman–Crippen MR) is 144 cm³/mol. The maximum atomic E-state index is 12.9. The molecule has 0 bridgehead atoms. The number of nitrogens with zero attached hydrogens (tertiary/aromatic N) is 2. The summed E-state index contributed by atoms with van der Waals surface area (Å²) in [6, 6.07) is 11.4. The van der Waals surface area contributed by atoms with Crippen LogP contribution >= 0.6 is 50.3 Å². The second kappa shape index (κ2) is 11.8. The van der Waals surface area contributed by atoms with Crippen LogP contribution in [0.5, 0.6) is 11.5 Å². The first-order chi connectivity index (χ1) is 16.9. The molecular weight excluding hydrogens is 651 g/mol. The lowest BCUT2D eigenvalue weighted by molar-refractivity contribution is -0.139. The van der Waals surface area contributed by atoms with Crippen LogP contribution in [0.4, 0.5) is 4.79 Å². The van der Waals surface area contributed by atoms with E-state index in [0.717, 1.165) is 30.3 Å². The topological polar surface area (TPSA) is 85.4 Å². The number of imide groups is 1. The minimum Gasteiger partial charge on any atom is -0.493 e. The third kappa shape index (κ3) is 6.38. The molecule has 2 saturated heterocycles. The minimum absolute atomic E-state index is 0.256. The molecule has 184 valence electrons. The summed E-state index contributed by atoms with van der Waals surface area (Å²) < 4.78 is 18.6. The molecule has 11 heteroatoms. The van der Waals surface area contributed by atoms with E-state index in [1.807, 2.05) is 30.3 Å². The zero-order valence-electron chi connectivity index (χ0n) is 18.8. The highest BCUT2D eigenvalue weighted by molar-refractivity contribution is 14.1. The number of ether oxygens (including phenoxy) is 3. The van der Waals surface area contributed by atoms with Crippen LogP contribution in [0.3, 0.4) is 0 Å². The van der Waals surface area contributed by atoms with Crippen LogP contribution in [-0.4, -0.2) is 66.8 Å². The monoisotopic (exact) mass is 672 g/mol. The SMILES string of the molecule is COc1cc(/C=C2/SC(=O)N(CC(=O)N3CCOCC3)C2=O)cc(I)c1OCc1ccc(Br)cc1. The maximum absolute atomic E-state index is 12.9. The zero-order chi connectivity index (χ0) is 24.9. The van der Waals surface area contributed by atoms with Crippen molar-refractivity contribution < 1.29 is 28.6 Å². The summed E-state index contributed by atoms with van der Waals surface area (Å²) in [5.74, 6) is 0.367. The van der Waals surface area contributed by atoms with Gasteiger partial charge in [0.2, 0.25) is 5.91 Å². The molecule has 2 aromatic rings. The average molecular weight is 673 g/mol. The van der Waals surface area contributed by atoms with Crippen molar-refractivity contribution in [3.63, 3.8) is 0 Å². The number of benzene rings is 2. The molecule has 0 aliphatic carbocycles. The molecule has 2 heterocycles. The highest BCUT2D eigenvalue weighted by Gasteiger charge is 2.37. The fourth-order valence-electron chi connectivity index (χ4n) is 3.54. The smallest absolute Gasteiger partial charge is 0.294 e. The number of carbonyl (C=O) groups is 3. The number of amides is 3. The van der Waals surface area contributed by atoms with Gasteiger partial charge in [-0.15, -0.1) is 0 Å². The van der Waals surface area contributed by atoms with Gasteiger partial charge in [-0.2, -0.15) is 0 Å². The van der Waals surface area contributed by atoms with Crippen molar-refractivity contribution in [1.82, 2.24) is 9.80 Å². The number of carbonyl (C=O) groups excluding carboxylic acids is 3. The molecule has 8 nitrogen and oxygen atoms in total. The lowest BCUT2D eigenvalue weighted by atomic mass is 10.1. The van der Waals surface area contributed by atoms with Crippen LogP contribution in [0.2, 0.25) is 0 Å². The quantitative estimate of drug-likeness (QED) is 0.316. The molecule has 4 rings (SSSR count). The number of methoxy groups -OCH3 is 1. The first-order valence-electron chi connectivity index (χ1n) is 10.7. The molecule has 2 aromatic carbocycles. The van der Waals surface area contributed by atoms with Crippen LogP contribution in [0.1, 0.15) is 11.1 Å². The number of hydrogen-bond donors (Lipinski definition) is 0.